The molecule has 0 fully saturated rings. The van der Waals surface area contributed by atoms with Gasteiger partial charge in [0.05, 0.1) is 5.69 Å². The number of hydrogen-bond donors (Lipinski definition) is 1. The molecule has 0 bridgehead atoms. The van der Waals surface area contributed by atoms with E-state index >= 15 is 0 Å². The van der Waals surface area contributed by atoms with Crippen LogP contribution in [0.4, 0.5) is 5.69 Å². The predicted octanol–water partition coefficient (Wildman–Crippen LogP) is 3.53. The van der Waals surface area contributed by atoms with E-state index in [4.69, 9.17) is 10.2 Å². The van der Waals surface area contributed by atoms with Gasteiger partial charge in [-0.05, 0) is 19.3 Å². The van der Waals surface area contributed by atoms with Gasteiger partial charge in [0.15, 0.2) is 0 Å². The number of nitrogens with two attached hydrogens (primary N) is 1. The van der Waals surface area contributed by atoms with Gasteiger partial charge in [0.2, 0.25) is 0 Å². The molecule has 0 aromatic carbocycles. The van der Waals surface area contributed by atoms with Crippen molar-refractivity contribution in [1.82, 2.24) is 0 Å². The van der Waals surface area contributed by atoms with Crippen LogP contribution in [-0.2, 0) is 19.3 Å². The van der Waals surface area contributed by atoms with E-state index in [-0.39, 0.29) is 12.4 Å². The quantitative estimate of drug-likeness (QED) is 0.749. The number of furan rings is 1. The Morgan fingerprint density at radius 1 is 1.27 bits per heavy atom. The summed E-state index contributed by atoms with van der Waals surface area (Å²) in [6.45, 7) is 8.08. The Morgan fingerprint density at radius 3 is 2.40 bits per heavy atom. The van der Waals surface area contributed by atoms with Crippen molar-refractivity contribution in [3.63, 3.8) is 0 Å². The predicted molar refractivity (Wildman–Crippen MR) is 67.6 cm³/mol. The Labute approximate surface area is 97.9 Å². The lowest BCUT2D eigenvalue weighted by Gasteiger charge is -2.08. The first kappa shape index (κ1) is 14.1. The molecule has 0 saturated heterocycles. The summed E-state index contributed by atoms with van der Waals surface area (Å²) in [5, 5.41) is 0. The zero-order valence-corrected chi connectivity index (χ0v) is 10.2. The maximum Gasteiger partial charge on any atom is 0.127 e. The van der Waals surface area contributed by atoms with E-state index in [1.165, 1.54) is 18.4 Å². The van der Waals surface area contributed by atoms with E-state index < -0.39 is 0 Å². The molecule has 1 aliphatic rings. The van der Waals surface area contributed by atoms with Crippen LogP contribution in [0.15, 0.2) is 17.6 Å². The number of aryl methyl sites for hydroxylation is 2. The fourth-order valence-corrected chi connectivity index (χ4v) is 1.91. The molecule has 1 aliphatic carbocycles. The third-order valence-corrected chi connectivity index (χ3v) is 2.61. The lowest BCUT2D eigenvalue weighted by Crippen LogP contribution is -2.01. The molecule has 2 nitrogen and oxygen atoms in total. The standard InChI is InChI=1S/C10H15NO.C2H4.ClH/c1-2-8-10(11)7-5-3-4-6-9(7)12-8;1-2;/h2-6,11H2,1H3;1-2H2;1H. The van der Waals surface area contributed by atoms with Crippen molar-refractivity contribution < 1.29 is 4.42 Å². The van der Waals surface area contributed by atoms with Gasteiger partial charge in [-0.2, -0.15) is 0 Å². The van der Waals surface area contributed by atoms with E-state index in [9.17, 15) is 0 Å². The van der Waals surface area contributed by atoms with Crippen molar-refractivity contribution >= 4 is 18.1 Å². The van der Waals surface area contributed by atoms with Crippen LogP contribution in [0.5, 0.6) is 0 Å². The highest BCUT2D eigenvalue weighted by molar-refractivity contribution is 5.85. The second-order valence-electron chi connectivity index (χ2n) is 3.40. The summed E-state index contributed by atoms with van der Waals surface area (Å²) in [6, 6.07) is 0. The molecule has 86 valence electrons. The van der Waals surface area contributed by atoms with Crippen molar-refractivity contribution in [3.8, 4) is 0 Å². The van der Waals surface area contributed by atoms with E-state index in [1.54, 1.807) is 0 Å². The number of anilines is 1. The van der Waals surface area contributed by atoms with Crippen LogP contribution >= 0.6 is 12.4 Å². The Balaban J connectivity index is 0.000000617. The van der Waals surface area contributed by atoms with Crippen LogP contribution in [0.1, 0.15) is 36.8 Å². The van der Waals surface area contributed by atoms with Gasteiger partial charge in [-0.1, -0.05) is 6.92 Å². The Hall–Kier alpha value is -0.890. The Bertz CT molecular complexity index is 307. The molecule has 0 atom stereocenters. The SMILES string of the molecule is C=C.CCc1oc2c(c1N)CCCC2.Cl. The molecule has 0 saturated carbocycles. The normalized spacial score (nSPS) is 13.1. The van der Waals surface area contributed by atoms with E-state index in [0.717, 1.165) is 36.5 Å². The minimum absolute atomic E-state index is 0. The topological polar surface area (TPSA) is 39.2 Å². The molecule has 2 N–H and O–H groups in total. The van der Waals surface area contributed by atoms with Crippen LogP contribution in [0, 0.1) is 0 Å². The molecule has 0 aliphatic heterocycles. The van der Waals surface area contributed by atoms with Gasteiger partial charge in [0.25, 0.3) is 0 Å². The summed E-state index contributed by atoms with van der Waals surface area (Å²) in [5.74, 6) is 2.14. The summed E-state index contributed by atoms with van der Waals surface area (Å²) < 4.78 is 5.66. The Kier molecular flexibility index (Phi) is 6.18. The Morgan fingerprint density at radius 2 is 1.87 bits per heavy atom. The molecule has 2 rings (SSSR count). The zero-order chi connectivity index (χ0) is 10.6. The van der Waals surface area contributed by atoms with Crippen molar-refractivity contribution in [2.45, 2.75) is 39.0 Å². The molecule has 0 amide bonds. The van der Waals surface area contributed by atoms with Gasteiger partial charge < -0.3 is 10.2 Å². The first-order valence-corrected chi connectivity index (χ1v) is 5.21. The minimum Gasteiger partial charge on any atom is -0.464 e. The molecule has 0 unspecified atom stereocenters. The van der Waals surface area contributed by atoms with Gasteiger partial charge >= 0.3 is 0 Å². The number of hydrogen-bond acceptors (Lipinski definition) is 2. The van der Waals surface area contributed by atoms with Crippen LogP contribution in [0.3, 0.4) is 0 Å². The monoisotopic (exact) mass is 229 g/mol. The van der Waals surface area contributed by atoms with E-state index in [0.29, 0.717) is 0 Å². The number of rotatable bonds is 1. The number of fused-ring (bicyclic) bond motifs is 1. The van der Waals surface area contributed by atoms with Crippen molar-refractivity contribution in [1.29, 1.82) is 0 Å². The minimum atomic E-state index is 0. The average molecular weight is 230 g/mol. The molecule has 1 heterocycles. The summed E-state index contributed by atoms with van der Waals surface area (Å²) in [5.41, 5.74) is 8.15. The second kappa shape index (κ2) is 6.57. The van der Waals surface area contributed by atoms with Crippen LogP contribution in [-0.4, -0.2) is 0 Å². The van der Waals surface area contributed by atoms with E-state index in [2.05, 4.69) is 20.1 Å². The smallest absolute Gasteiger partial charge is 0.127 e. The van der Waals surface area contributed by atoms with Crippen molar-refractivity contribution in [3.05, 3.63) is 30.2 Å². The van der Waals surface area contributed by atoms with Gasteiger partial charge in [-0.25, -0.2) is 0 Å². The summed E-state index contributed by atoms with van der Waals surface area (Å²) in [6.07, 6.45) is 5.63. The summed E-state index contributed by atoms with van der Waals surface area (Å²) >= 11 is 0. The van der Waals surface area contributed by atoms with Crippen molar-refractivity contribution in [2.24, 2.45) is 0 Å². The zero-order valence-electron chi connectivity index (χ0n) is 9.34. The second-order valence-corrected chi connectivity index (χ2v) is 3.40. The highest BCUT2D eigenvalue weighted by Crippen LogP contribution is 2.31. The van der Waals surface area contributed by atoms with Gasteiger partial charge in [-0.15, -0.1) is 25.6 Å². The maximum atomic E-state index is 5.94. The van der Waals surface area contributed by atoms with Gasteiger partial charge in [0.1, 0.15) is 11.5 Å². The highest BCUT2D eigenvalue weighted by atomic mass is 35.5. The molecule has 1 aromatic rings. The largest absolute Gasteiger partial charge is 0.464 e. The molecular weight excluding hydrogens is 210 g/mol. The summed E-state index contributed by atoms with van der Waals surface area (Å²) in [4.78, 5) is 0. The highest BCUT2D eigenvalue weighted by Gasteiger charge is 2.19. The van der Waals surface area contributed by atoms with E-state index in [1.807, 2.05) is 0 Å². The maximum absolute atomic E-state index is 5.94. The third-order valence-electron chi connectivity index (χ3n) is 2.61. The third kappa shape index (κ3) is 2.78. The lowest BCUT2D eigenvalue weighted by atomic mass is 9.97. The number of halogens is 1. The number of nitrogen functional groups attached to an aromatic ring is 1. The fourth-order valence-electron chi connectivity index (χ4n) is 1.91. The molecule has 15 heavy (non-hydrogen) atoms. The van der Waals surface area contributed by atoms with Crippen LogP contribution in [0.25, 0.3) is 0 Å². The first-order valence-electron chi connectivity index (χ1n) is 5.21. The van der Waals surface area contributed by atoms with Gasteiger partial charge in [0, 0.05) is 18.4 Å². The average Bonchev–Trinajstić information content (AvgIpc) is 2.59. The molecule has 3 heteroatoms. The van der Waals surface area contributed by atoms with Crippen molar-refractivity contribution in [2.75, 3.05) is 5.73 Å². The van der Waals surface area contributed by atoms with Gasteiger partial charge in [-0.3, -0.25) is 0 Å². The molecule has 0 radical (unpaired) electrons. The molecular formula is C12H20ClNO. The molecule has 1 aromatic heterocycles. The lowest BCUT2D eigenvalue weighted by molar-refractivity contribution is 0.448. The fraction of sp³-hybridized carbons (Fsp3) is 0.500. The first-order chi connectivity index (χ1) is 6.83. The van der Waals surface area contributed by atoms with Crippen LogP contribution in [0.2, 0.25) is 0 Å². The van der Waals surface area contributed by atoms with Crippen LogP contribution < -0.4 is 5.73 Å². The summed E-state index contributed by atoms with van der Waals surface area (Å²) in [7, 11) is 0. The molecule has 0 spiro atoms.